The van der Waals surface area contributed by atoms with Gasteiger partial charge < -0.3 is 9.88 Å². The highest BCUT2D eigenvalue weighted by Gasteiger charge is 2.11. The SMILES string of the molecule is Cc1[nH]c2ccccc2c1CCN(C)C(=O)CCC#N. The van der Waals surface area contributed by atoms with E-state index in [0.29, 0.717) is 13.0 Å². The first-order chi connectivity index (χ1) is 9.63. The first-order valence-electron chi connectivity index (χ1n) is 6.80. The van der Waals surface area contributed by atoms with Crippen LogP contribution in [0.25, 0.3) is 10.9 Å². The highest BCUT2D eigenvalue weighted by atomic mass is 16.2. The zero-order valence-corrected chi connectivity index (χ0v) is 11.9. The van der Waals surface area contributed by atoms with Gasteiger partial charge in [0.25, 0.3) is 0 Å². The molecule has 0 atom stereocenters. The van der Waals surface area contributed by atoms with Crippen LogP contribution in [0.4, 0.5) is 0 Å². The zero-order chi connectivity index (χ0) is 14.5. The standard InChI is InChI=1S/C16H19N3O/c1-12-13(14-6-3-4-7-15(14)18-12)9-11-19(2)16(20)8-5-10-17/h3-4,6-7,18H,5,8-9,11H2,1-2H3. The maximum absolute atomic E-state index is 11.8. The predicted molar refractivity (Wildman–Crippen MR) is 79.2 cm³/mol. The van der Waals surface area contributed by atoms with Crippen LogP contribution in [0.5, 0.6) is 0 Å². The minimum absolute atomic E-state index is 0.0315. The minimum atomic E-state index is 0.0315. The zero-order valence-electron chi connectivity index (χ0n) is 11.9. The molecule has 2 rings (SSSR count). The quantitative estimate of drug-likeness (QED) is 0.907. The average molecular weight is 269 g/mol. The van der Waals surface area contributed by atoms with Gasteiger partial charge in [-0.2, -0.15) is 5.26 Å². The summed E-state index contributed by atoms with van der Waals surface area (Å²) in [7, 11) is 1.80. The monoisotopic (exact) mass is 269 g/mol. The van der Waals surface area contributed by atoms with Crippen LogP contribution in [0.15, 0.2) is 24.3 Å². The maximum Gasteiger partial charge on any atom is 0.223 e. The number of aryl methyl sites for hydroxylation is 1. The fourth-order valence-electron chi connectivity index (χ4n) is 2.41. The van der Waals surface area contributed by atoms with E-state index in [4.69, 9.17) is 5.26 Å². The Balaban J connectivity index is 2.04. The first kappa shape index (κ1) is 14.1. The number of para-hydroxylation sites is 1. The van der Waals surface area contributed by atoms with Crippen molar-refractivity contribution in [3.63, 3.8) is 0 Å². The van der Waals surface area contributed by atoms with E-state index in [9.17, 15) is 4.79 Å². The predicted octanol–water partition coefficient (Wildman–Crippen LogP) is 2.78. The largest absolute Gasteiger partial charge is 0.358 e. The Bertz CT molecular complexity index is 651. The van der Waals surface area contributed by atoms with E-state index in [1.54, 1.807) is 11.9 Å². The second-order valence-electron chi connectivity index (χ2n) is 5.00. The molecule has 20 heavy (non-hydrogen) atoms. The van der Waals surface area contributed by atoms with Gasteiger partial charge in [-0.1, -0.05) is 18.2 Å². The Hall–Kier alpha value is -2.28. The summed E-state index contributed by atoms with van der Waals surface area (Å²) in [4.78, 5) is 16.9. The minimum Gasteiger partial charge on any atom is -0.358 e. The van der Waals surface area contributed by atoms with Crippen LogP contribution in [-0.4, -0.2) is 29.4 Å². The summed E-state index contributed by atoms with van der Waals surface area (Å²) in [5.74, 6) is 0.0315. The Labute approximate surface area is 119 Å². The summed E-state index contributed by atoms with van der Waals surface area (Å²) in [6.45, 7) is 2.74. The molecular weight excluding hydrogens is 250 g/mol. The van der Waals surface area contributed by atoms with Crippen LogP contribution < -0.4 is 0 Å². The Morgan fingerprint density at radius 2 is 2.15 bits per heavy atom. The molecule has 1 N–H and O–H groups in total. The molecule has 0 unspecified atom stereocenters. The number of carbonyl (C=O) groups is 1. The van der Waals surface area contributed by atoms with Crippen molar-refractivity contribution in [3.8, 4) is 6.07 Å². The summed E-state index contributed by atoms with van der Waals surface area (Å²) >= 11 is 0. The van der Waals surface area contributed by atoms with Gasteiger partial charge in [-0.05, 0) is 25.0 Å². The Morgan fingerprint density at radius 3 is 2.90 bits per heavy atom. The molecule has 0 aliphatic heterocycles. The molecule has 1 aromatic carbocycles. The number of rotatable bonds is 5. The molecule has 1 aromatic heterocycles. The van der Waals surface area contributed by atoms with Crippen molar-refractivity contribution < 1.29 is 4.79 Å². The molecule has 0 saturated heterocycles. The molecule has 104 valence electrons. The van der Waals surface area contributed by atoms with Gasteiger partial charge in [0.1, 0.15) is 0 Å². The summed E-state index contributed by atoms with van der Waals surface area (Å²) in [5, 5.41) is 9.73. The highest BCUT2D eigenvalue weighted by Crippen LogP contribution is 2.22. The lowest BCUT2D eigenvalue weighted by Crippen LogP contribution is -2.28. The second kappa shape index (κ2) is 6.25. The average Bonchev–Trinajstić information content (AvgIpc) is 2.77. The van der Waals surface area contributed by atoms with Crippen molar-refractivity contribution in [2.75, 3.05) is 13.6 Å². The van der Waals surface area contributed by atoms with E-state index in [0.717, 1.165) is 17.6 Å². The Morgan fingerprint density at radius 1 is 1.40 bits per heavy atom. The van der Waals surface area contributed by atoms with Crippen molar-refractivity contribution in [1.29, 1.82) is 5.26 Å². The fraction of sp³-hybridized carbons (Fsp3) is 0.375. The van der Waals surface area contributed by atoms with Crippen molar-refractivity contribution >= 4 is 16.8 Å². The van der Waals surface area contributed by atoms with E-state index in [-0.39, 0.29) is 12.3 Å². The molecule has 2 aromatic rings. The number of hydrogen-bond acceptors (Lipinski definition) is 2. The van der Waals surface area contributed by atoms with E-state index in [1.165, 1.54) is 10.9 Å². The number of amides is 1. The van der Waals surface area contributed by atoms with Crippen LogP contribution in [0.1, 0.15) is 24.1 Å². The van der Waals surface area contributed by atoms with Gasteiger partial charge in [-0.15, -0.1) is 0 Å². The van der Waals surface area contributed by atoms with Crippen LogP contribution in [0, 0.1) is 18.3 Å². The van der Waals surface area contributed by atoms with Gasteiger partial charge in [0.05, 0.1) is 6.07 Å². The second-order valence-corrected chi connectivity index (χ2v) is 5.00. The number of H-pyrrole nitrogens is 1. The third-order valence-corrected chi connectivity index (χ3v) is 3.60. The molecule has 0 saturated carbocycles. The number of carbonyl (C=O) groups excluding carboxylic acids is 1. The lowest BCUT2D eigenvalue weighted by atomic mass is 10.1. The van der Waals surface area contributed by atoms with Crippen molar-refractivity contribution in [1.82, 2.24) is 9.88 Å². The molecule has 1 heterocycles. The van der Waals surface area contributed by atoms with E-state index in [1.807, 2.05) is 18.2 Å². The smallest absolute Gasteiger partial charge is 0.223 e. The van der Waals surface area contributed by atoms with Gasteiger partial charge in [0.15, 0.2) is 0 Å². The number of nitriles is 1. The summed E-state index contributed by atoms with van der Waals surface area (Å²) in [6.07, 6.45) is 1.42. The molecule has 4 nitrogen and oxygen atoms in total. The number of hydrogen-bond donors (Lipinski definition) is 1. The van der Waals surface area contributed by atoms with Gasteiger partial charge in [-0.3, -0.25) is 4.79 Å². The summed E-state index contributed by atoms with van der Waals surface area (Å²) in [6, 6.07) is 10.2. The fourth-order valence-corrected chi connectivity index (χ4v) is 2.41. The molecule has 4 heteroatoms. The molecule has 0 aliphatic carbocycles. The number of likely N-dealkylation sites (N-methyl/N-ethyl adjacent to an activating group) is 1. The normalized spacial score (nSPS) is 10.4. The van der Waals surface area contributed by atoms with Crippen molar-refractivity contribution in [2.45, 2.75) is 26.2 Å². The number of nitrogens with zero attached hydrogens (tertiary/aromatic N) is 2. The van der Waals surface area contributed by atoms with Crippen molar-refractivity contribution in [3.05, 3.63) is 35.5 Å². The van der Waals surface area contributed by atoms with Gasteiger partial charge in [0, 0.05) is 43.0 Å². The van der Waals surface area contributed by atoms with E-state index < -0.39 is 0 Å². The molecule has 0 fully saturated rings. The molecule has 0 bridgehead atoms. The van der Waals surface area contributed by atoms with Crippen LogP contribution in [0.2, 0.25) is 0 Å². The highest BCUT2D eigenvalue weighted by molar-refractivity contribution is 5.84. The van der Waals surface area contributed by atoms with Gasteiger partial charge in [-0.25, -0.2) is 0 Å². The lowest BCUT2D eigenvalue weighted by Gasteiger charge is -2.16. The van der Waals surface area contributed by atoms with Gasteiger partial charge in [0.2, 0.25) is 5.91 Å². The number of fused-ring (bicyclic) bond motifs is 1. The molecule has 0 spiro atoms. The third kappa shape index (κ3) is 3.00. The summed E-state index contributed by atoms with van der Waals surface area (Å²) < 4.78 is 0. The van der Waals surface area contributed by atoms with Gasteiger partial charge >= 0.3 is 0 Å². The van der Waals surface area contributed by atoms with E-state index >= 15 is 0 Å². The summed E-state index contributed by atoms with van der Waals surface area (Å²) in [5.41, 5.74) is 3.56. The van der Waals surface area contributed by atoms with Crippen molar-refractivity contribution in [2.24, 2.45) is 0 Å². The van der Waals surface area contributed by atoms with Crippen LogP contribution in [-0.2, 0) is 11.2 Å². The first-order valence-corrected chi connectivity index (χ1v) is 6.80. The van der Waals surface area contributed by atoms with Crippen LogP contribution in [0.3, 0.4) is 0 Å². The molecule has 0 radical (unpaired) electrons. The number of benzene rings is 1. The maximum atomic E-state index is 11.8. The number of nitrogens with one attached hydrogen (secondary N) is 1. The molecule has 1 amide bonds. The topological polar surface area (TPSA) is 59.9 Å². The molecular formula is C16H19N3O. The third-order valence-electron chi connectivity index (χ3n) is 3.60. The number of aromatic nitrogens is 1. The molecule has 0 aliphatic rings. The Kier molecular flexibility index (Phi) is 4.41. The van der Waals surface area contributed by atoms with Crippen LogP contribution >= 0.6 is 0 Å². The number of aromatic amines is 1. The van der Waals surface area contributed by atoms with E-state index in [2.05, 4.69) is 24.0 Å². The lowest BCUT2D eigenvalue weighted by molar-refractivity contribution is -0.129.